The molecule has 290 valence electrons. The fourth-order valence-electron chi connectivity index (χ4n) is 7.81. The van der Waals surface area contributed by atoms with Gasteiger partial charge in [0, 0.05) is 58.8 Å². The summed E-state index contributed by atoms with van der Waals surface area (Å²) >= 11 is 7.17. The summed E-state index contributed by atoms with van der Waals surface area (Å²) < 4.78 is 49.7. The number of hydrogen-bond acceptors (Lipinski definition) is 8. The lowest BCUT2D eigenvalue weighted by atomic mass is 9.95. The molecule has 4 heterocycles. The largest absolute Gasteiger partial charge is 0.493 e. The van der Waals surface area contributed by atoms with Crippen molar-refractivity contribution in [1.82, 2.24) is 24.1 Å². The molecular weight excluding hydrogens is 725 g/mol. The normalized spacial score (nSPS) is 15.2. The number of carbonyl (C=O) groups is 1. The minimum Gasteiger partial charge on any atom is -0.493 e. The Morgan fingerprint density at radius 1 is 1.02 bits per heavy atom. The van der Waals surface area contributed by atoms with Crippen LogP contribution in [0.3, 0.4) is 0 Å². The lowest BCUT2D eigenvalue weighted by Crippen LogP contribution is -2.15. The van der Waals surface area contributed by atoms with Gasteiger partial charge in [0.15, 0.2) is 0 Å². The van der Waals surface area contributed by atoms with Gasteiger partial charge in [0.2, 0.25) is 0 Å². The maximum atomic E-state index is 14.4. The third-order valence-electron chi connectivity index (χ3n) is 10.4. The molecule has 3 aromatic heterocycles. The van der Waals surface area contributed by atoms with Crippen LogP contribution in [0.1, 0.15) is 63.8 Å². The monoisotopic (exact) mass is 771 g/mol. The number of nitrogens with zero attached hydrogens (tertiary/aromatic N) is 5. The Kier molecular flexibility index (Phi) is 11.6. The van der Waals surface area contributed by atoms with E-state index in [0.29, 0.717) is 75.2 Å². The third-order valence-corrected chi connectivity index (χ3v) is 10.7. The number of aryl methyl sites for hydroxylation is 6. The quantitative estimate of drug-likeness (QED) is 0.119. The van der Waals surface area contributed by atoms with Crippen LogP contribution in [0.2, 0.25) is 5.02 Å². The van der Waals surface area contributed by atoms with Crippen LogP contribution < -0.4 is 4.74 Å². The first-order valence-corrected chi connectivity index (χ1v) is 19.0. The van der Waals surface area contributed by atoms with Crippen molar-refractivity contribution in [2.45, 2.75) is 65.8 Å². The van der Waals surface area contributed by atoms with Crippen molar-refractivity contribution >= 4 is 39.2 Å². The van der Waals surface area contributed by atoms with Crippen LogP contribution in [-0.2, 0) is 58.5 Å². The molecule has 1 unspecified atom stereocenters. The highest BCUT2D eigenvalue weighted by Crippen LogP contribution is 2.44. The highest BCUT2D eigenvalue weighted by molar-refractivity contribution is 6.35. The number of rotatable bonds is 7. The Balaban J connectivity index is 1.37. The van der Waals surface area contributed by atoms with Gasteiger partial charge in [-0.1, -0.05) is 17.7 Å². The Morgan fingerprint density at radius 3 is 2.65 bits per heavy atom. The van der Waals surface area contributed by atoms with Crippen molar-refractivity contribution < 1.29 is 32.9 Å². The molecule has 11 nitrogen and oxygen atoms in total. The van der Waals surface area contributed by atoms with Gasteiger partial charge in [-0.2, -0.15) is 10.2 Å². The number of aromatic nitrogens is 5. The Labute approximate surface area is 324 Å². The molecule has 1 atom stereocenters. The summed E-state index contributed by atoms with van der Waals surface area (Å²) in [6.45, 7) is 8.84. The second kappa shape index (κ2) is 16.5. The van der Waals surface area contributed by atoms with Gasteiger partial charge in [0.05, 0.1) is 69.9 Å². The first-order chi connectivity index (χ1) is 26.6. The van der Waals surface area contributed by atoms with E-state index in [9.17, 15) is 9.18 Å². The zero-order chi connectivity index (χ0) is 38.8. The fraction of sp³-hybridized carbons (Fsp3) is 0.405. The number of benzene rings is 3. The molecule has 1 aliphatic heterocycles. The molecule has 7 rings (SSSR count). The Bertz CT molecular complexity index is 2360. The van der Waals surface area contributed by atoms with E-state index >= 15 is 0 Å². The van der Waals surface area contributed by atoms with E-state index in [1.54, 1.807) is 19.2 Å². The van der Waals surface area contributed by atoms with Crippen molar-refractivity contribution in [2.24, 2.45) is 7.05 Å². The lowest BCUT2D eigenvalue weighted by molar-refractivity contribution is 0.0404. The number of ether oxygens (including phenoxy) is 5. The van der Waals surface area contributed by atoms with E-state index in [1.807, 2.05) is 66.0 Å². The van der Waals surface area contributed by atoms with E-state index in [-0.39, 0.29) is 12.4 Å². The maximum absolute atomic E-state index is 14.4. The molecule has 3 aromatic carbocycles. The van der Waals surface area contributed by atoms with Crippen LogP contribution in [0.5, 0.6) is 5.75 Å². The van der Waals surface area contributed by atoms with Crippen LogP contribution in [0.25, 0.3) is 32.8 Å². The van der Waals surface area contributed by atoms with Crippen LogP contribution in [-0.4, -0.2) is 70.7 Å². The van der Waals surface area contributed by atoms with Gasteiger partial charge < -0.3 is 28.3 Å². The lowest BCUT2D eigenvalue weighted by Gasteiger charge is -2.19. The summed E-state index contributed by atoms with van der Waals surface area (Å²) in [4.78, 5) is 13.5. The van der Waals surface area contributed by atoms with Crippen molar-refractivity contribution in [3.8, 4) is 16.9 Å². The zero-order valence-electron chi connectivity index (χ0n) is 32.2. The fourth-order valence-corrected chi connectivity index (χ4v) is 8.06. The van der Waals surface area contributed by atoms with E-state index in [2.05, 4.69) is 6.07 Å². The molecule has 0 N–H and O–H groups in total. The molecule has 0 aliphatic carbocycles. The van der Waals surface area contributed by atoms with Crippen molar-refractivity contribution in [3.63, 3.8) is 0 Å². The van der Waals surface area contributed by atoms with Crippen molar-refractivity contribution in [1.29, 1.82) is 0 Å². The summed E-state index contributed by atoms with van der Waals surface area (Å²) in [6, 6.07) is 14.7. The number of hydrogen-bond donors (Lipinski definition) is 0. The smallest absolute Gasteiger partial charge is 0.354 e. The molecule has 0 radical (unpaired) electrons. The van der Waals surface area contributed by atoms with Gasteiger partial charge in [-0.25, -0.2) is 9.18 Å². The minimum atomic E-state index is -0.445. The van der Waals surface area contributed by atoms with Crippen LogP contribution in [0, 0.1) is 19.7 Å². The number of esters is 1. The SMILES string of the molecule is COCCOCCn1nc(C)c2c1C(C)OCc1cc(n(C)n1)CCc1cc(c3ccc(F)cc3c1)OCCCn1c(C(=O)OC)c(C)c3c-2c(Cl)ccc31. The van der Waals surface area contributed by atoms with E-state index in [0.717, 1.165) is 66.7 Å². The number of fused-ring (bicyclic) bond motifs is 8. The van der Waals surface area contributed by atoms with E-state index in [1.165, 1.54) is 13.2 Å². The molecule has 55 heavy (non-hydrogen) atoms. The maximum Gasteiger partial charge on any atom is 0.354 e. The highest BCUT2D eigenvalue weighted by atomic mass is 35.5. The second-order valence-corrected chi connectivity index (χ2v) is 14.4. The van der Waals surface area contributed by atoms with Gasteiger partial charge in [-0.05, 0) is 99.0 Å². The molecule has 0 amide bonds. The van der Waals surface area contributed by atoms with Gasteiger partial charge in [-0.3, -0.25) is 9.36 Å². The summed E-state index contributed by atoms with van der Waals surface area (Å²) in [5, 5.41) is 12.8. The number of halogens is 2. The predicted octanol–water partition coefficient (Wildman–Crippen LogP) is 8.10. The van der Waals surface area contributed by atoms with Crippen LogP contribution in [0.15, 0.2) is 48.5 Å². The van der Waals surface area contributed by atoms with Gasteiger partial charge >= 0.3 is 5.97 Å². The first-order valence-electron chi connectivity index (χ1n) is 18.6. The molecule has 8 bridgehead atoms. The molecule has 1 aliphatic rings. The molecular formula is C42H47ClFN5O6. The topological polar surface area (TPSA) is 104 Å². The third kappa shape index (κ3) is 7.73. The van der Waals surface area contributed by atoms with Gasteiger partial charge in [0.25, 0.3) is 0 Å². The van der Waals surface area contributed by atoms with Crippen LogP contribution >= 0.6 is 11.6 Å². The number of methoxy groups -OCH3 is 2. The number of carbonyl (C=O) groups excluding carboxylic acids is 1. The average molecular weight is 772 g/mol. The standard InChI is InChI=1S/C42H47ClFN5O6/c1-25-37-35-13-12-34(43)39(37)38-26(2)45-49(15-17-53-19-18-51-5)41(38)27(3)55-24-31-23-32(47(4)46-31)10-8-28-20-29-22-30(44)9-11-33(29)36(21-28)54-16-7-14-48(35)40(25)42(50)52-6/h9,11-13,20-23,27H,7-8,10,14-19,24H2,1-6H3. The minimum absolute atomic E-state index is 0.260. The summed E-state index contributed by atoms with van der Waals surface area (Å²) in [7, 11) is 4.97. The summed E-state index contributed by atoms with van der Waals surface area (Å²) in [6.07, 6.45) is 1.56. The molecule has 0 spiro atoms. The van der Waals surface area contributed by atoms with Crippen molar-refractivity contribution in [2.75, 3.05) is 40.6 Å². The van der Waals surface area contributed by atoms with Gasteiger partial charge in [-0.15, -0.1) is 0 Å². The van der Waals surface area contributed by atoms with E-state index < -0.39 is 12.1 Å². The highest BCUT2D eigenvalue weighted by Gasteiger charge is 2.30. The summed E-state index contributed by atoms with van der Waals surface area (Å²) in [5.41, 5.74) is 8.12. The van der Waals surface area contributed by atoms with E-state index in [4.69, 9.17) is 45.5 Å². The second-order valence-electron chi connectivity index (χ2n) is 14.0. The first kappa shape index (κ1) is 38.5. The zero-order valence-corrected chi connectivity index (χ0v) is 33.0. The molecule has 13 heteroatoms. The molecule has 6 aromatic rings. The molecule has 0 saturated heterocycles. The molecule has 0 fully saturated rings. The predicted molar refractivity (Wildman–Crippen MR) is 210 cm³/mol. The summed E-state index contributed by atoms with van der Waals surface area (Å²) in [5.74, 6) is -0.0610. The Morgan fingerprint density at radius 2 is 1.85 bits per heavy atom. The van der Waals surface area contributed by atoms with Crippen LogP contribution in [0.4, 0.5) is 4.39 Å². The van der Waals surface area contributed by atoms with Gasteiger partial charge in [0.1, 0.15) is 17.3 Å². The van der Waals surface area contributed by atoms with Crippen molar-refractivity contribution in [3.05, 3.63) is 99.0 Å². The molecule has 0 saturated carbocycles. The average Bonchev–Trinajstić information content (AvgIpc) is 3.79. The Hall–Kier alpha value is -4.75.